The SMILES string of the molecule is CCc1ccc(-c2noc(CSc3nnc4n(C)c(=O)c5ccccc5n34)n2)cc1. The van der Waals surface area contributed by atoms with Crippen LogP contribution in [0.3, 0.4) is 0 Å². The summed E-state index contributed by atoms with van der Waals surface area (Å²) in [5.41, 5.74) is 2.85. The first-order chi connectivity index (χ1) is 14.7. The lowest BCUT2D eigenvalue weighted by atomic mass is 10.1. The molecule has 5 aromatic rings. The number of rotatable bonds is 5. The van der Waals surface area contributed by atoms with E-state index in [0.29, 0.717) is 33.8 Å². The highest BCUT2D eigenvalue weighted by Gasteiger charge is 2.16. The minimum absolute atomic E-state index is 0.0994. The molecule has 30 heavy (non-hydrogen) atoms. The molecule has 0 radical (unpaired) electrons. The lowest BCUT2D eigenvalue weighted by Gasteiger charge is -2.06. The van der Waals surface area contributed by atoms with E-state index >= 15 is 0 Å². The van der Waals surface area contributed by atoms with Crippen LogP contribution in [0.5, 0.6) is 0 Å². The van der Waals surface area contributed by atoms with Gasteiger partial charge in [0, 0.05) is 12.6 Å². The van der Waals surface area contributed by atoms with Gasteiger partial charge in [-0.15, -0.1) is 10.2 Å². The molecule has 0 saturated carbocycles. The van der Waals surface area contributed by atoms with Crippen molar-refractivity contribution in [2.75, 3.05) is 0 Å². The van der Waals surface area contributed by atoms with Crippen LogP contribution >= 0.6 is 11.8 Å². The second-order valence-corrected chi connectivity index (χ2v) is 7.79. The summed E-state index contributed by atoms with van der Waals surface area (Å²) in [5.74, 6) is 1.99. The van der Waals surface area contributed by atoms with Gasteiger partial charge in [-0.05, 0) is 24.1 Å². The van der Waals surface area contributed by atoms with E-state index in [1.165, 1.54) is 21.9 Å². The Hall–Kier alpha value is -3.46. The van der Waals surface area contributed by atoms with Crippen molar-refractivity contribution in [2.24, 2.45) is 7.05 Å². The van der Waals surface area contributed by atoms with Crippen LogP contribution in [0.15, 0.2) is 63.0 Å². The van der Waals surface area contributed by atoms with Crippen LogP contribution in [-0.4, -0.2) is 29.3 Å². The Morgan fingerprint density at radius 2 is 1.87 bits per heavy atom. The van der Waals surface area contributed by atoms with E-state index in [0.717, 1.165) is 17.5 Å². The fourth-order valence-corrected chi connectivity index (χ4v) is 4.13. The summed E-state index contributed by atoms with van der Waals surface area (Å²) in [7, 11) is 1.70. The van der Waals surface area contributed by atoms with E-state index in [1.807, 2.05) is 34.7 Å². The summed E-state index contributed by atoms with van der Waals surface area (Å²) < 4.78 is 8.80. The number of benzene rings is 2. The van der Waals surface area contributed by atoms with E-state index in [4.69, 9.17) is 4.52 Å². The molecule has 9 heteroatoms. The Morgan fingerprint density at radius 3 is 2.67 bits per heavy atom. The van der Waals surface area contributed by atoms with Crippen molar-refractivity contribution in [3.8, 4) is 11.4 Å². The van der Waals surface area contributed by atoms with Crippen LogP contribution < -0.4 is 5.56 Å². The quantitative estimate of drug-likeness (QED) is 0.404. The van der Waals surface area contributed by atoms with Gasteiger partial charge in [-0.2, -0.15) is 4.98 Å². The van der Waals surface area contributed by atoms with Crippen LogP contribution in [0.2, 0.25) is 0 Å². The Balaban J connectivity index is 1.45. The van der Waals surface area contributed by atoms with Gasteiger partial charge in [-0.3, -0.25) is 13.8 Å². The third-order valence-corrected chi connectivity index (χ3v) is 5.92. The van der Waals surface area contributed by atoms with Gasteiger partial charge in [0.15, 0.2) is 5.16 Å². The molecule has 0 N–H and O–H groups in total. The van der Waals surface area contributed by atoms with E-state index in [9.17, 15) is 4.79 Å². The maximum Gasteiger partial charge on any atom is 0.262 e. The van der Waals surface area contributed by atoms with Gasteiger partial charge in [0.1, 0.15) is 0 Å². The monoisotopic (exact) mass is 418 g/mol. The first kappa shape index (κ1) is 18.6. The summed E-state index contributed by atoms with van der Waals surface area (Å²) in [6.07, 6.45) is 0.987. The summed E-state index contributed by atoms with van der Waals surface area (Å²) in [5, 5.41) is 13.8. The van der Waals surface area contributed by atoms with Crippen LogP contribution in [0.4, 0.5) is 0 Å². The Morgan fingerprint density at radius 1 is 1.07 bits per heavy atom. The average molecular weight is 418 g/mol. The normalized spacial score (nSPS) is 11.5. The number of hydrogen-bond acceptors (Lipinski definition) is 7. The van der Waals surface area contributed by atoms with Crippen LogP contribution in [0.25, 0.3) is 28.1 Å². The Kier molecular flexibility index (Phi) is 4.59. The highest BCUT2D eigenvalue weighted by atomic mass is 32.2. The average Bonchev–Trinajstić information content (AvgIpc) is 3.43. The molecule has 0 aliphatic rings. The fraction of sp³-hybridized carbons (Fsp3) is 0.190. The van der Waals surface area contributed by atoms with Gasteiger partial charge in [-0.25, -0.2) is 0 Å². The number of nitrogens with zero attached hydrogens (tertiary/aromatic N) is 6. The zero-order chi connectivity index (χ0) is 20.7. The predicted octanol–water partition coefficient (Wildman–Crippen LogP) is 3.49. The molecular formula is C21H18N6O2S. The molecule has 0 amide bonds. The summed E-state index contributed by atoms with van der Waals surface area (Å²) in [6.45, 7) is 2.12. The first-order valence-corrected chi connectivity index (χ1v) is 10.5. The standard InChI is InChI=1S/C21H18N6O2S/c1-3-13-8-10-14(11-9-13)18-22-17(29-25-18)12-30-21-24-23-20-26(2)19(28)15-6-4-5-7-16(15)27(20)21/h4-11H,3,12H2,1-2H3. The lowest BCUT2D eigenvalue weighted by Crippen LogP contribution is -2.20. The summed E-state index contributed by atoms with van der Waals surface area (Å²) >= 11 is 1.43. The van der Waals surface area contributed by atoms with Crippen molar-refractivity contribution in [2.45, 2.75) is 24.3 Å². The number of aromatic nitrogens is 6. The molecule has 0 fully saturated rings. The highest BCUT2D eigenvalue weighted by molar-refractivity contribution is 7.98. The van der Waals surface area contributed by atoms with Gasteiger partial charge in [0.2, 0.25) is 17.5 Å². The van der Waals surface area contributed by atoms with Gasteiger partial charge in [0.25, 0.3) is 5.56 Å². The molecule has 0 unspecified atom stereocenters. The third-order valence-electron chi connectivity index (χ3n) is 5.01. The molecule has 0 spiro atoms. The maximum absolute atomic E-state index is 12.6. The number of aryl methyl sites for hydroxylation is 2. The van der Waals surface area contributed by atoms with Crippen LogP contribution in [0.1, 0.15) is 18.4 Å². The summed E-state index contributed by atoms with van der Waals surface area (Å²) in [6, 6.07) is 15.6. The molecule has 0 atom stereocenters. The van der Waals surface area contributed by atoms with E-state index < -0.39 is 0 Å². The van der Waals surface area contributed by atoms with Crippen molar-refractivity contribution in [3.05, 3.63) is 70.3 Å². The molecule has 8 nitrogen and oxygen atoms in total. The molecule has 5 rings (SSSR count). The van der Waals surface area contributed by atoms with Crippen LogP contribution in [-0.2, 0) is 19.2 Å². The van der Waals surface area contributed by atoms with E-state index in [2.05, 4.69) is 39.4 Å². The molecular weight excluding hydrogens is 400 g/mol. The van der Waals surface area contributed by atoms with Crippen LogP contribution in [0, 0.1) is 0 Å². The fourth-order valence-electron chi connectivity index (χ4n) is 3.35. The van der Waals surface area contributed by atoms with Crippen molar-refractivity contribution in [3.63, 3.8) is 0 Å². The molecule has 3 heterocycles. The van der Waals surface area contributed by atoms with Gasteiger partial charge >= 0.3 is 0 Å². The highest BCUT2D eigenvalue weighted by Crippen LogP contribution is 2.25. The van der Waals surface area contributed by atoms with Crippen molar-refractivity contribution < 1.29 is 4.52 Å². The van der Waals surface area contributed by atoms with E-state index in [-0.39, 0.29) is 5.56 Å². The second kappa shape index (κ2) is 7.42. The van der Waals surface area contributed by atoms with Gasteiger partial charge in [-0.1, -0.05) is 60.2 Å². The summed E-state index contributed by atoms with van der Waals surface area (Å²) in [4.78, 5) is 17.0. The number of thioether (sulfide) groups is 1. The zero-order valence-electron chi connectivity index (χ0n) is 16.4. The van der Waals surface area contributed by atoms with Crippen molar-refractivity contribution >= 4 is 28.4 Å². The minimum atomic E-state index is -0.0994. The molecule has 2 aromatic carbocycles. The second-order valence-electron chi connectivity index (χ2n) is 6.85. The van der Waals surface area contributed by atoms with Gasteiger partial charge < -0.3 is 4.52 Å². The smallest absolute Gasteiger partial charge is 0.262 e. The maximum atomic E-state index is 12.6. The Bertz CT molecular complexity index is 1420. The topological polar surface area (TPSA) is 91.1 Å². The number of hydrogen-bond donors (Lipinski definition) is 0. The first-order valence-electron chi connectivity index (χ1n) is 9.53. The molecule has 150 valence electrons. The van der Waals surface area contributed by atoms with Gasteiger partial charge in [0.05, 0.1) is 16.7 Å². The molecule has 0 saturated heterocycles. The number of para-hydroxylation sites is 1. The third kappa shape index (κ3) is 3.07. The molecule has 0 bridgehead atoms. The minimum Gasteiger partial charge on any atom is -0.338 e. The van der Waals surface area contributed by atoms with E-state index in [1.54, 1.807) is 13.1 Å². The largest absolute Gasteiger partial charge is 0.338 e. The predicted molar refractivity (Wildman–Crippen MR) is 114 cm³/mol. The number of fused-ring (bicyclic) bond motifs is 3. The van der Waals surface area contributed by atoms with Crippen molar-refractivity contribution in [1.29, 1.82) is 0 Å². The molecule has 3 aromatic heterocycles. The molecule has 0 aliphatic heterocycles. The molecule has 0 aliphatic carbocycles. The van der Waals surface area contributed by atoms with Crippen molar-refractivity contribution in [1.82, 2.24) is 29.3 Å². The lowest BCUT2D eigenvalue weighted by molar-refractivity contribution is 0.391. The Labute approximate surface area is 175 Å². The zero-order valence-corrected chi connectivity index (χ0v) is 17.3.